The second kappa shape index (κ2) is 10.4. The molecule has 10 heteroatoms. The third-order valence-corrected chi connectivity index (χ3v) is 6.69. The number of nitrogens with zero attached hydrogens (tertiary/aromatic N) is 2. The minimum Gasteiger partial charge on any atom is -0.495 e. The molecule has 0 aliphatic carbocycles. The van der Waals surface area contributed by atoms with Gasteiger partial charge in [-0.15, -0.1) is 0 Å². The van der Waals surface area contributed by atoms with Crippen LogP contribution in [0.3, 0.4) is 0 Å². The van der Waals surface area contributed by atoms with Crippen molar-refractivity contribution in [2.45, 2.75) is 24.7 Å². The van der Waals surface area contributed by atoms with Crippen LogP contribution in [0.15, 0.2) is 82.2 Å². The second-order valence-corrected chi connectivity index (χ2v) is 9.36. The Balaban J connectivity index is 1.42. The molecule has 1 amide bonds. The molecule has 4 rings (SSSR count). The van der Waals surface area contributed by atoms with Crippen LogP contribution in [0, 0.1) is 6.92 Å². The molecule has 0 aliphatic rings. The number of rotatable bonds is 9. The monoisotopic (exact) mass is 492 g/mol. The van der Waals surface area contributed by atoms with Gasteiger partial charge >= 0.3 is 0 Å². The first-order chi connectivity index (χ1) is 16.9. The number of anilines is 2. The number of carbonyl (C=O) groups excluding carboxylic acids is 1. The molecule has 0 spiro atoms. The van der Waals surface area contributed by atoms with Crippen LogP contribution in [-0.2, 0) is 21.2 Å². The topological polar surface area (TPSA) is 123 Å². The number of sulfonamides is 1. The number of carbonyl (C=O) groups is 1. The fourth-order valence-electron chi connectivity index (χ4n) is 3.40. The molecule has 1 aromatic heterocycles. The summed E-state index contributed by atoms with van der Waals surface area (Å²) in [5, 5.41) is 6.67. The highest BCUT2D eigenvalue weighted by atomic mass is 32.2. The van der Waals surface area contributed by atoms with Gasteiger partial charge in [-0.2, -0.15) is 4.98 Å². The van der Waals surface area contributed by atoms with E-state index >= 15 is 0 Å². The van der Waals surface area contributed by atoms with E-state index in [0.29, 0.717) is 34.4 Å². The molecule has 180 valence electrons. The lowest BCUT2D eigenvalue weighted by molar-refractivity contribution is -0.116. The molecular formula is C25H24N4O5S. The molecule has 9 nitrogen and oxygen atoms in total. The Morgan fingerprint density at radius 2 is 1.77 bits per heavy atom. The first kappa shape index (κ1) is 24.0. The number of benzene rings is 3. The van der Waals surface area contributed by atoms with Crippen molar-refractivity contribution in [1.82, 2.24) is 10.1 Å². The average molecular weight is 493 g/mol. The zero-order valence-electron chi connectivity index (χ0n) is 19.2. The second-order valence-electron chi connectivity index (χ2n) is 7.71. The summed E-state index contributed by atoms with van der Waals surface area (Å²) in [6.07, 6.45) is 0.337. The van der Waals surface area contributed by atoms with Gasteiger partial charge in [0, 0.05) is 24.1 Å². The predicted molar refractivity (Wildman–Crippen MR) is 132 cm³/mol. The van der Waals surface area contributed by atoms with Crippen LogP contribution in [-0.4, -0.2) is 31.6 Å². The summed E-state index contributed by atoms with van der Waals surface area (Å²) in [6, 6.07) is 20.8. The van der Waals surface area contributed by atoms with Crippen molar-refractivity contribution in [3.8, 4) is 17.1 Å². The third-order valence-electron chi connectivity index (χ3n) is 5.18. The number of aryl methyl sites for hydroxylation is 2. The standard InChI is InChI=1S/C25H24N4O5S/c1-17-12-13-19(16-22(17)35(31,32)29-20-10-6-7-11-21(20)33-2)26-23(30)14-15-24-27-25(28-34-24)18-8-4-3-5-9-18/h3-13,16,29H,14-15H2,1-2H3,(H,26,30). The van der Waals surface area contributed by atoms with E-state index in [4.69, 9.17) is 9.26 Å². The minimum absolute atomic E-state index is 0.0469. The molecule has 0 radical (unpaired) electrons. The number of hydrogen-bond donors (Lipinski definition) is 2. The van der Waals surface area contributed by atoms with Gasteiger partial charge in [-0.25, -0.2) is 8.42 Å². The highest BCUT2D eigenvalue weighted by Gasteiger charge is 2.20. The van der Waals surface area contributed by atoms with Crippen molar-refractivity contribution >= 4 is 27.3 Å². The number of ether oxygens (including phenoxy) is 1. The van der Waals surface area contributed by atoms with Gasteiger partial charge in [-0.1, -0.05) is 53.7 Å². The molecule has 4 aromatic rings. The summed E-state index contributed by atoms with van der Waals surface area (Å²) >= 11 is 0. The van der Waals surface area contributed by atoms with Crippen LogP contribution in [0.4, 0.5) is 11.4 Å². The first-order valence-electron chi connectivity index (χ1n) is 10.8. The van der Waals surface area contributed by atoms with E-state index in [1.807, 2.05) is 30.3 Å². The fraction of sp³-hybridized carbons (Fsp3) is 0.160. The number of hydrogen-bond acceptors (Lipinski definition) is 7. The molecule has 1 heterocycles. The van der Waals surface area contributed by atoms with Gasteiger partial charge in [0.1, 0.15) is 5.75 Å². The zero-order chi connectivity index (χ0) is 24.8. The minimum atomic E-state index is -3.93. The lowest BCUT2D eigenvalue weighted by atomic mass is 10.2. The average Bonchev–Trinajstić information content (AvgIpc) is 3.34. The van der Waals surface area contributed by atoms with Crippen molar-refractivity contribution in [2.24, 2.45) is 0 Å². The normalized spacial score (nSPS) is 11.1. The Labute approximate surface area is 203 Å². The molecule has 0 aliphatic heterocycles. The lowest BCUT2D eigenvalue weighted by Gasteiger charge is -2.14. The van der Waals surface area contributed by atoms with Gasteiger partial charge in [-0.3, -0.25) is 9.52 Å². The molecule has 0 saturated heterocycles. The summed E-state index contributed by atoms with van der Waals surface area (Å²) < 4.78 is 39.1. The zero-order valence-corrected chi connectivity index (χ0v) is 20.0. The molecule has 2 N–H and O–H groups in total. The van der Waals surface area contributed by atoms with Crippen molar-refractivity contribution in [3.05, 3.63) is 84.3 Å². The molecule has 0 atom stereocenters. The van der Waals surface area contributed by atoms with Crippen molar-refractivity contribution < 1.29 is 22.5 Å². The van der Waals surface area contributed by atoms with Gasteiger partial charge < -0.3 is 14.6 Å². The quantitative estimate of drug-likeness (QED) is 0.354. The molecule has 0 saturated carbocycles. The smallest absolute Gasteiger partial charge is 0.262 e. The molecule has 0 unspecified atom stereocenters. The summed E-state index contributed by atoms with van der Waals surface area (Å²) in [6.45, 7) is 1.68. The van der Waals surface area contributed by atoms with E-state index in [1.54, 1.807) is 43.3 Å². The van der Waals surface area contributed by atoms with E-state index in [1.165, 1.54) is 13.2 Å². The number of amides is 1. The lowest BCUT2D eigenvalue weighted by Crippen LogP contribution is -2.16. The fourth-order valence-corrected chi connectivity index (χ4v) is 4.74. The molecular weight excluding hydrogens is 468 g/mol. The summed E-state index contributed by atoms with van der Waals surface area (Å²) in [4.78, 5) is 16.9. The number of methoxy groups -OCH3 is 1. The van der Waals surface area contributed by atoms with Gasteiger partial charge in [0.2, 0.25) is 17.6 Å². The maximum absolute atomic E-state index is 13.1. The highest BCUT2D eigenvalue weighted by Crippen LogP contribution is 2.28. The van der Waals surface area contributed by atoms with Gasteiger partial charge in [0.25, 0.3) is 10.0 Å². The molecule has 0 fully saturated rings. The third kappa shape index (κ3) is 5.85. The van der Waals surface area contributed by atoms with E-state index in [9.17, 15) is 13.2 Å². The molecule has 0 bridgehead atoms. The Kier molecular flexibility index (Phi) is 7.11. The largest absolute Gasteiger partial charge is 0.495 e. The van der Waals surface area contributed by atoms with Crippen molar-refractivity contribution in [1.29, 1.82) is 0 Å². The highest BCUT2D eigenvalue weighted by molar-refractivity contribution is 7.92. The molecule has 3 aromatic carbocycles. The van der Waals surface area contributed by atoms with Crippen LogP contribution in [0.5, 0.6) is 5.75 Å². The van der Waals surface area contributed by atoms with Crippen LogP contribution < -0.4 is 14.8 Å². The van der Waals surface area contributed by atoms with Crippen molar-refractivity contribution in [3.63, 3.8) is 0 Å². The number of nitrogens with one attached hydrogen (secondary N) is 2. The van der Waals surface area contributed by atoms with Gasteiger partial charge in [-0.05, 0) is 36.8 Å². The summed E-state index contributed by atoms with van der Waals surface area (Å²) in [5.74, 6) is 0.883. The Morgan fingerprint density at radius 1 is 1.03 bits per heavy atom. The van der Waals surface area contributed by atoms with Crippen LogP contribution in [0.2, 0.25) is 0 Å². The van der Waals surface area contributed by atoms with Crippen LogP contribution in [0.25, 0.3) is 11.4 Å². The van der Waals surface area contributed by atoms with E-state index < -0.39 is 10.0 Å². The van der Waals surface area contributed by atoms with E-state index in [0.717, 1.165) is 5.56 Å². The van der Waals surface area contributed by atoms with Crippen LogP contribution >= 0.6 is 0 Å². The Bertz CT molecular complexity index is 1440. The Morgan fingerprint density at radius 3 is 2.54 bits per heavy atom. The predicted octanol–water partition coefficient (Wildman–Crippen LogP) is 4.43. The SMILES string of the molecule is COc1ccccc1NS(=O)(=O)c1cc(NC(=O)CCc2nc(-c3ccccc3)no2)ccc1C. The summed E-state index contributed by atoms with van der Waals surface area (Å²) in [7, 11) is -2.46. The van der Waals surface area contributed by atoms with Crippen LogP contribution in [0.1, 0.15) is 17.9 Å². The first-order valence-corrected chi connectivity index (χ1v) is 12.3. The Hall–Kier alpha value is -4.18. The molecule has 35 heavy (non-hydrogen) atoms. The summed E-state index contributed by atoms with van der Waals surface area (Å²) in [5.41, 5.74) is 2.03. The van der Waals surface area contributed by atoms with Gasteiger partial charge in [0.15, 0.2) is 0 Å². The van der Waals surface area contributed by atoms with E-state index in [-0.39, 0.29) is 23.6 Å². The van der Waals surface area contributed by atoms with Crippen molar-refractivity contribution in [2.75, 3.05) is 17.1 Å². The maximum atomic E-state index is 13.1. The number of aromatic nitrogens is 2. The number of para-hydroxylation sites is 2. The maximum Gasteiger partial charge on any atom is 0.262 e. The van der Waals surface area contributed by atoms with E-state index in [2.05, 4.69) is 20.2 Å². The van der Waals surface area contributed by atoms with Gasteiger partial charge in [0.05, 0.1) is 17.7 Å².